The van der Waals surface area contributed by atoms with E-state index < -0.39 is 12.0 Å². The van der Waals surface area contributed by atoms with Crippen LogP contribution in [-0.2, 0) is 4.79 Å². The average Bonchev–Trinajstić information content (AvgIpc) is 3.00. The Morgan fingerprint density at radius 1 is 1.21 bits per heavy atom. The van der Waals surface area contributed by atoms with Gasteiger partial charge in [-0.3, -0.25) is 4.79 Å². The van der Waals surface area contributed by atoms with Crippen LogP contribution in [0.25, 0.3) is 5.69 Å². The monoisotopic (exact) mass is 327 g/mol. The van der Waals surface area contributed by atoms with Crippen molar-refractivity contribution < 1.29 is 14.7 Å². The van der Waals surface area contributed by atoms with Crippen LogP contribution in [0, 0.1) is 12.8 Å². The molecule has 6 nitrogen and oxygen atoms in total. The van der Waals surface area contributed by atoms with Gasteiger partial charge in [0.25, 0.3) is 5.91 Å². The quantitative estimate of drug-likeness (QED) is 0.940. The average molecular weight is 327 g/mol. The van der Waals surface area contributed by atoms with E-state index in [4.69, 9.17) is 0 Å². The number of hydrogen-bond acceptors (Lipinski definition) is 3. The van der Waals surface area contributed by atoms with E-state index in [1.54, 1.807) is 23.0 Å². The van der Waals surface area contributed by atoms with Gasteiger partial charge in [0.1, 0.15) is 6.04 Å². The van der Waals surface area contributed by atoms with E-state index in [1.165, 1.54) is 4.90 Å². The van der Waals surface area contributed by atoms with Crippen molar-refractivity contribution in [2.45, 2.75) is 32.7 Å². The van der Waals surface area contributed by atoms with Crippen LogP contribution in [0.2, 0.25) is 0 Å². The molecule has 1 aliphatic rings. The molecule has 0 saturated carbocycles. The van der Waals surface area contributed by atoms with E-state index in [-0.39, 0.29) is 5.91 Å². The summed E-state index contributed by atoms with van der Waals surface area (Å²) in [7, 11) is 0. The molecule has 6 heteroatoms. The third-order valence-corrected chi connectivity index (χ3v) is 4.60. The number of carboxylic acids is 1. The maximum atomic E-state index is 12.7. The Morgan fingerprint density at radius 3 is 2.50 bits per heavy atom. The van der Waals surface area contributed by atoms with E-state index in [9.17, 15) is 14.7 Å². The molecule has 3 rings (SSSR count). The van der Waals surface area contributed by atoms with Gasteiger partial charge >= 0.3 is 5.97 Å². The van der Waals surface area contributed by atoms with Crippen LogP contribution in [0.4, 0.5) is 0 Å². The summed E-state index contributed by atoms with van der Waals surface area (Å²) in [5.74, 6) is -0.836. The topological polar surface area (TPSA) is 75.4 Å². The summed E-state index contributed by atoms with van der Waals surface area (Å²) in [5.41, 5.74) is 2.38. The van der Waals surface area contributed by atoms with E-state index >= 15 is 0 Å². The van der Waals surface area contributed by atoms with Gasteiger partial charge in [-0.25, -0.2) is 9.48 Å². The van der Waals surface area contributed by atoms with E-state index in [0.29, 0.717) is 24.4 Å². The SMILES string of the molecule is Cc1ccnn1-c1ccc(C(=O)N2CCC(C)CC2C(=O)O)cc1. The van der Waals surface area contributed by atoms with E-state index in [0.717, 1.165) is 17.8 Å². The van der Waals surface area contributed by atoms with Crippen molar-refractivity contribution in [1.29, 1.82) is 0 Å². The number of benzene rings is 1. The number of carbonyl (C=O) groups excluding carboxylic acids is 1. The van der Waals surface area contributed by atoms with Crippen LogP contribution < -0.4 is 0 Å². The van der Waals surface area contributed by atoms with Gasteiger partial charge in [0.2, 0.25) is 0 Å². The lowest BCUT2D eigenvalue weighted by molar-refractivity contribution is -0.144. The number of carboxylic acid groups (broad SMARTS) is 1. The number of aromatic nitrogens is 2. The van der Waals surface area contributed by atoms with Gasteiger partial charge in [0, 0.05) is 24.0 Å². The minimum absolute atomic E-state index is 0.224. The van der Waals surface area contributed by atoms with Crippen LogP contribution in [-0.4, -0.2) is 44.3 Å². The zero-order valence-electron chi connectivity index (χ0n) is 13.8. The Hall–Kier alpha value is -2.63. The Labute approximate surface area is 140 Å². The van der Waals surface area contributed by atoms with Crippen LogP contribution in [0.15, 0.2) is 36.5 Å². The number of nitrogens with zero attached hydrogens (tertiary/aromatic N) is 3. The summed E-state index contributed by atoms with van der Waals surface area (Å²) < 4.78 is 1.79. The molecule has 1 aromatic heterocycles. The summed E-state index contributed by atoms with van der Waals surface area (Å²) in [6.07, 6.45) is 3.06. The summed E-state index contributed by atoms with van der Waals surface area (Å²) in [4.78, 5) is 25.7. The fourth-order valence-electron chi connectivity index (χ4n) is 3.17. The molecule has 1 aliphatic heterocycles. The molecule has 0 bridgehead atoms. The van der Waals surface area contributed by atoms with Crippen molar-refractivity contribution in [3.63, 3.8) is 0 Å². The molecule has 2 aromatic rings. The minimum Gasteiger partial charge on any atom is -0.480 e. The van der Waals surface area contributed by atoms with Gasteiger partial charge in [-0.2, -0.15) is 5.10 Å². The standard InChI is InChI=1S/C18H21N3O3/c1-12-8-10-20(16(11-12)18(23)24)17(22)14-3-5-15(6-4-14)21-13(2)7-9-19-21/h3-7,9,12,16H,8,10-11H2,1-2H3,(H,23,24). The number of piperidine rings is 1. The normalized spacial score (nSPS) is 20.8. The molecule has 1 aromatic carbocycles. The smallest absolute Gasteiger partial charge is 0.326 e. The second kappa shape index (κ2) is 6.47. The number of aryl methyl sites for hydroxylation is 1. The maximum Gasteiger partial charge on any atom is 0.326 e. The van der Waals surface area contributed by atoms with Crippen molar-refractivity contribution in [2.24, 2.45) is 5.92 Å². The lowest BCUT2D eigenvalue weighted by Gasteiger charge is -2.36. The predicted octanol–water partition coefficient (Wildman–Crippen LogP) is 2.51. The van der Waals surface area contributed by atoms with Gasteiger partial charge < -0.3 is 10.0 Å². The Morgan fingerprint density at radius 2 is 1.92 bits per heavy atom. The van der Waals surface area contributed by atoms with Crippen molar-refractivity contribution in [3.05, 3.63) is 47.8 Å². The largest absolute Gasteiger partial charge is 0.480 e. The third-order valence-electron chi connectivity index (χ3n) is 4.60. The Balaban J connectivity index is 1.82. The zero-order chi connectivity index (χ0) is 17.3. The predicted molar refractivity (Wildman–Crippen MR) is 89.2 cm³/mol. The fraction of sp³-hybridized carbons (Fsp3) is 0.389. The summed E-state index contributed by atoms with van der Waals surface area (Å²) >= 11 is 0. The number of aliphatic carboxylic acids is 1. The van der Waals surface area contributed by atoms with Crippen molar-refractivity contribution in [2.75, 3.05) is 6.54 Å². The molecule has 2 atom stereocenters. The van der Waals surface area contributed by atoms with Crippen LogP contribution in [0.5, 0.6) is 0 Å². The summed E-state index contributed by atoms with van der Waals surface area (Å²) in [6, 6.07) is 8.29. The first-order valence-electron chi connectivity index (χ1n) is 8.12. The molecule has 0 spiro atoms. The minimum atomic E-state index is -0.932. The lowest BCUT2D eigenvalue weighted by Crippen LogP contribution is -2.49. The van der Waals surface area contributed by atoms with Crippen LogP contribution in [0.1, 0.15) is 35.8 Å². The Bertz CT molecular complexity index is 751. The molecule has 0 aliphatic carbocycles. The van der Waals surface area contributed by atoms with Gasteiger partial charge in [0.05, 0.1) is 5.69 Å². The highest BCUT2D eigenvalue weighted by Gasteiger charge is 2.35. The molecule has 1 N–H and O–H groups in total. The van der Waals surface area contributed by atoms with Gasteiger partial charge in [-0.1, -0.05) is 6.92 Å². The first kappa shape index (κ1) is 16.2. The summed E-state index contributed by atoms with van der Waals surface area (Å²) in [5, 5.41) is 13.7. The molecule has 2 unspecified atom stereocenters. The second-order valence-corrected chi connectivity index (χ2v) is 6.41. The van der Waals surface area contributed by atoms with Crippen molar-refractivity contribution in [3.8, 4) is 5.69 Å². The highest BCUT2D eigenvalue weighted by atomic mass is 16.4. The molecule has 126 valence electrons. The molecule has 1 amide bonds. The first-order chi connectivity index (χ1) is 11.5. The molecule has 24 heavy (non-hydrogen) atoms. The van der Waals surface area contributed by atoms with Crippen molar-refractivity contribution >= 4 is 11.9 Å². The zero-order valence-corrected chi connectivity index (χ0v) is 13.8. The molecular weight excluding hydrogens is 306 g/mol. The van der Waals surface area contributed by atoms with Gasteiger partial charge in [-0.05, 0) is 56.0 Å². The number of likely N-dealkylation sites (tertiary alicyclic amines) is 1. The van der Waals surface area contributed by atoms with Crippen LogP contribution in [0.3, 0.4) is 0 Å². The van der Waals surface area contributed by atoms with Crippen LogP contribution >= 0.6 is 0 Å². The fourth-order valence-corrected chi connectivity index (χ4v) is 3.17. The number of carbonyl (C=O) groups is 2. The van der Waals surface area contributed by atoms with Crippen molar-refractivity contribution in [1.82, 2.24) is 14.7 Å². The second-order valence-electron chi connectivity index (χ2n) is 6.41. The highest BCUT2D eigenvalue weighted by molar-refractivity contribution is 5.96. The highest BCUT2D eigenvalue weighted by Crippen LogP contribution is 2.24. The van der Waals surface area contributed by atoms with E-state index in [1.807, 2.05) is 32.0 Å². The molecular formula is C18H21N3O3. The number of hydrogen-bond donors (Lipinski definition) is 1. The number of rotatable bonds is 3. The summed E-state index contributed by atoms with van der Waals surface area (Å²) in [6.45, 7) is 4.47. The first-order valence-corrected chi connectivity index (χ1v) is 8.12. The van der Waals surface area contributed by atoms with E-state index in [2.05, 4.69) is 5.10 Å². The molecule has 2 heterocycles. The molecule has 1 fully saturated rings. The molecule has 1 saturated heterocycles. The molecule has 0 radical (unpaired) electrons. The van der Waals surface area contributed by atoms with Gasteiger partial charge in [-0.15, -0.1) is 0 Å². The third kappa shape index (κ3) is 3.04. The number of amides is 1. The lowest BCUT2D eigenvalue weighted by atomic mass is 9.92. The Kier molecular flexibility index (Phi) is 4.38. The maximum absolute atomic E-state index is 12.7. The van der Waals surface area contributed by atoms with Gasteiger partial charge in [0.15, 0.2) is 0 Å².